The van der Waals surface area contributed by atoms with E-state index in [4.69, 9.17) is 11.6 Å². The normalized spacial score (nSPS) is 10.5. The molecule has 2 aromatic rings. The van der Waals surface area contributed by atoms with Crippen LogP contribution >= 0.6 is 22.9 Å². The van der Waals surface area contributed by atoms with Crippen molar-refractivity contribution in [3.63, 3.8) is 0 Å². The van der Waals surface area contributed by atoms with Crippen LogP contribution in [0.2, 0.25) is 5.02 Å². The van der Waals surface area contributed by atoms with Gasteiger partial charge in [0, 0.05) is 10.4 Å². The Hall–Kier alpha value is -1.19. The molecule has 2 nitrogen and oxygen atoms in total. The van der Waals surface area contributed by atoms with E-state index in [1.54, 1.807) is 23.5 Å². The first-order valence-corrected chi connectivity index (χ1v) is 6.48. The second kappa shape index (κ2) is 4.98. The van der Waals surface area contributed by atoms with E-state index in [1.165, 1.54) is 0 Å². The summed E-state index contributed by atoms with van der Waals surface area (Å²) in [7, 11) is 0. The van der Waals surface area contributed by atoms with Gasteiger partial charge < -0.3 is 0 Å². The second-order valence-corrected chi connectivity index (χ2v) is 5.52. The summed E-state index contributed by atoms with van der Waals surface area (Å²) in [5.41, 5.74) is 1.57. The first-order valence-electron chi connectivity index (χ1n) is 5.28. The van der Waals surface area contributed by atoms with Crippen LogP contribution in [0.5, 0.6) is 0 Å². The maximum Gasteiger partial charge on any atom is 0.171 e. The minimum Gasteiger partial charge on any atom is -0.294 e. The van der Waals surface area contributed by atoms with Crippen LogP contribution in [0.3, 0.4) is 0 Å². The molecule has 0 fully saturated rings. The van der Waals surface area contributed by atoms with E-state index >= 15 is 0 Å². The number of rotatable bonds is 3. The van der Waals surface area contributed by atoms with Crippen molar-refractivity contribution in [1.82, 2.24) is 4.98 Å². The maximum absolute atomic E-state index is 12.0. The Balaban J connectivity index is 2.20. The zero-order valence-electron chi connectivity index (χ0n) is 9.66. The summed E-state index contributed by atoms with van der Waals surface area (Å²) < 4.78 is 0. The lowest BCUT2D eigenvalue weighted by Crippen LogP contribution is -2.03. The van der Waals surface area contributed by atoms with Crippen LogP contribution in [0.25, 0.3) is 0 Å². The summed E-state index contributed by atoms with van der Waals surface area (Å²) in [6.07, 6.45) is 0.322. The number of thiazole rings is 1. The number of nitrogens with zero attached hydrogens (tertiary/aromatic N) is 1. The van der Waals surface area contributed by atoms with Crippen molar-refractivity contribution in [2.75, 3.05) is 0 Å². The third-order valence-electron chi connectivity index (χ3n) is 2.56. The van der Waals surface area contributed by atoms with Crippen molar-refractivity contribution >= 4 is 28.7 Å². The summed E-state index contributed by atoms with van der Waals surface area (Å²) in [5.74, 6) is 0.0179. The minimum atomic E-state index is 0.0179. The molecule has 17 heavy (non-hydrogen) atoms. The third-order valence-corrected chi connectivity index (χ3v) is 3.96. The molecular weight excluding hydrogens is 254 g/mol. The summed E-state index contributed by atoms with van der Waals surface area (Å²) in [6, 6.07) is 7.11. The van der Waals surface area contributed by atoms with Gasteiger partial charge in [-0.05, 0) is 26.0 Å². The maximum atomic E-state index is 12.0. The summed E-state index contributed by atoms with van der Waals surface area (Å²) >= 11 is 7.55. The van der Waals surface area contributed by atoms with Crippen LogP contribution in [-0.4, -0.2) is 10.8 Å². The lowest BCUT2D eigenvalue weighted by atomic mass is 10.1. The lowest BCUT2D eigenvalue weighted by molar-refractivity contribution is 0.0993. The van der Waals surface area contributed by atoms with Gasteiger partial charge in [-0.25, -0.2) is 4.98 Å². The number of Topliss-reactive ketones (excluding diaryl/α,β-unsaturated/α-hetero) is 1. The number of carbonyl (C=O) groups is 1. The number of ketones is 1. The molecule has 0 aliphatic heterocycles. The highest BCUT2D eigenvalue weighted by molar-refractivity contribution is 7.11. The number of hydrogen-bond donors (Lipinski definition) is 0. The zero-order chi connectivity index (χ0) is 12.4. The smallest absolute Gasteiger partial charge is 0.171 e. The van der Waals surface area contributed by atoms with Crippen LogP contribution in [0.15, 0.2) is 24.3 Å². The van der Waals surface area contributed by atoms with Crippen LogP contribution in [0.4, 0.5) is 0 Å². The van der Waals surface area contributed by atoms with Gasteiger partial charge in [-0.2, -0.15) is 0 Å². The molecule has 0 aliphatic carbocycles. The van der Waals surface area contributed by atoms with E-state index in [0.717, 1.165) is 15.6 Å². The number of halogens is 1. The van der Waals surface area contributed by atoms with Crippen molar-refractivity contribution < 1.29 is 4.79 Å². The van der Waals surface area contributed by atoms with Gasteiger partial charge in [-0.1, -0.05) is 23.7 Å². The van der Waals surface area contributed by atoms with Crippen molar-refractivity contribution in [1.29, 1.82) is 0 Å². The van der Waals surface area contributed by atoms with Crippen LogP contribution in [-0.2, 0) is 6.42 Å². The largest absolute Gasteiger partial charge is 0.294 e. The minimum absolute atomic E-state index is 0.0179. The molecule has 0 N–H and O–H groups in total. The lowest BCUT2D eigenvalue weighted by Gasteiger charge is -2.00. The van der Waals surface area contributed by atoms with Gasteiger partial charge in [-0.3, -0.25) is 4.79 Å². The first kappa shape index (κ1) is 12.3. The average molecular weight is 266 g/mol. The Morgan fingerprint density at radius 3 is 2.65 bits per heavy atom. The van der Waals surface area contributed by atoms with Gasteiger partial charge in [0.1, 0.15) is 5.01 Å². The van der Waals surface area contributed by atoms with Crippen molar-refractivity contribution in [3.05, 3.63) is 50.4 Å². The number of carbonyl (C=O) groups excluding carboxylic acids is 1. The molecule has 4 heteroatoms. The van der Waals surface area contributed by atoms with E-state index in [-0.39, 0.29) is 5.78 Å². The molecule has 0 aliphatic rings. The first-order chi connectivity index (χ1) is 8.08. The van der Waals surface area contributed by atoms with Gasteiger partial charge in [0.15, 0.2) is 5.78 Å². The molecule has 2 rings (SSSR count). The predicted octanol–water partition coefficient (Wildman–Crippen LogP) is 3.84. The van der Waals surface area contributed by atoms with Crippen molar-refractivity contribution in [2.24, 2.45) is 0 Å². The Bertz CT molecular complexity index is 543. The van der Waals surface area contributed by atoms with E-state index in [1.807, 2.05) is 26.0 Å². The van der Waals surface area contributed by atoms with Crippen LogP contribution in [0.1, 0.15) is 25.9 Å². The van der Waals surface area contributed by atoms with E-state index in [2.05, 4.69) is 4.98 Å². The molecule has 0 amide bonds. The predicted molar refractivity (Wildman–Crippen MR) is 71.1 cm³/mol. The van der Waals surface area contributed by atoms with E-state index in [9.17, 15) is 4.79 Å². The number of aromatic nitrogens is 1. The molecule has 0 bridgehead atoms. The summed E-state index contributed by atoms with van der Waals surface area (Å²) in [6.45, 7) is 3.96. The monoisotopic (exact) mass is 265 g/mol. The van der Waals surface area contributed by atoms with Gasteiger partial charge in [0.05, 0.1) is 17.1 Å². The SMILES string of the molecule is Cc1nc(CC(=O)c2ccccc2Cl)sc1C. The molecule has 1 heterocycles. The highest BCUT2D eigenvalue weighted by Crippen LogP contribution is 2.21. The number of hydrogen-bond acceptors (Lipinski definition) is 3. The second-order valence-electron chi connectivity index (χ2n) is 3.83. The number of benzene rings is 1. The quantitative estimate of drug-likeness (QED) is 0.790. The Kier molecular flexibility index (Phi) is 3.60. The molecule has 0 atom stereocenters. The van der Waals surface area contributed by atoms with Gasteiger partial charge in [0.2, 0.25) is 0 Å². The fourth-order valence-electron chi connectivity index (χ4n) is 1.53. The van der Waals surface area contributed by atoms with Gasteiger partial charge in [0.25, 0.3) is 0 Å². The van der Waals surface area contributed by atoms with Crippen molar-refractivity contribution in [2.45, 2.75) is 20.3 Å². The molecule has 1 aromatic carbocycles. The Labute approximate surface area is 109 Å². The molecule has 0 saturated carbocycles. The highest BCUT2D eigenvalue weighted by Gasteiger charge is 2.13. The molecule has 0 radical (unpaired) electrons. The summed E-state index contributed by atoms with van der Waals surface area (Å²) in [4.78, 5) is 17.6. The zero-order valence-corrected chi connectivity index (χ0v) is 11.2. The van der Waals surface area contributed by atoms with E-state index < -0.39 is 0 Å². The Morgan fingerprint density at radius 1 is 1.35 bits per heavy atom. The molecule has 0 unspecified atom stereocenters. The van der Waals surface area contributed by atoms with Gasteiger partial charge in [-0.15, -0.1) is 11.3 Å². The molecule has 0 spiro atoms. The van der Waals surface area contributed by atoms with Crippen LogP contribution < -0.4 is 0 Å². The molecule has 1 aromatic heterocycles. The van der Waals surface area contributed by atoms with Crippen LogP contribution in [0, 0.1) is 13.8 Å². The third kappa shape index (κ3) is 2.73. The fourth-order valence-corrected chi connectivity index (χ4v) is 2.71. The number of aryl methyl sites for hydroxylation is 2. The molecule has 0 saturated heterocycles. The average Bonchev–Trinajstić information content (AvgIpc) is 2.58. The fraction of sp³-hybridized carbons (Fsp3) is 0.231. The molecule has 88 valence electrons. The molecular formula is C13H12ClNOS. The topological polar surface area (TPSA) is 30.0 Å². The Morgan fingerprint density at radius 2 is 2.06 bits per heavy atom. The standard InChI is InChI=1S/C13H12ClNOS/c1-8-9(2)17-13(15-8)7-12(16)10-5-3-4-6-11(10)14/h3-6H,7H2,1-2H3. The highest BCUT2D eigenvalue weighted by atomic mass is 35.5. The van der Waals surface area contributed by atoms with Gasteiger partial charge >= 0.3 is 0 Å². The van der Waals surface area contributed by atoms with E-state index in [0.29, 0.717) is 17.0 Å². The van der Waals surface area contributed by atoms with Crippen molar-refractivity contribution in [3.8, 4) is 0 Å². The summed E-state index contributed by atoms with van der Waals surface area (Å²) in [5, 5.41) is 1.35.